The zero-order valence-electron chi connectivity index (χ0n) is 14.6. The van der Waals surface area contributed by atoms with E-state index in [0.717, 1.165) is 21.8 Å². The Bertz CT molecular complexity index is 786. The largest absolute Gasteiger partial charge is 0.394 e. The molecule has 0 aliphatic rings. The van der Waals surface area contributed by atoms with E-state index in [1.54, 1.807) is 22.5 Å². The van der Waals surface area contributed by atoms with Gasteiger partial charge < -0.3 is 10.4 Å². The van der Waals surface area contributed by atoms with Gasteiger partial charge in [0.25, 0.3) is 5.56 Å². The normalized spacial score (nSPS) is 12.2. The van der Waals surface area contributed by atoms with Crippen molar-refractivity contribution in [1.29, 1.82) is 0 Å². The molecule has 2 aromatic rings. The Hall–Kier alpha value is -2.13. The minimum atomic E-state index is -0.370. The molecule has 0 aromatic carbocycles. The first-order valence-electron chi connectivity index (χ1n) is 7.95. The highest BCUT2D eigenvalue weighted by molar-refractivity contribution is 7.98. The second-order valence-corrected chi connectivity index (χ2v) is 6.74. The monoisotopic (exact) mass is 365 g/mol. The Morgan fingerprint density at radius 1 is 1.36 bits per heavy atom. The number of aromatic nitrogens is 4. The molecule has 2 rings (SSSR count). The van der Waals surface area contributed by atoms with E-state index in [0.29, 0.717) is 12.2 Å². The molecule has 25 heavy (non-hydrogen) atoms. The maximum atomic E-state index is 12.2. The van der Waals surface area contributed by atoms with Gasteiger partial charge in [0.2, 0.25) is 5.91 Å². The summed E-state index contributed by atoms with van der Waals surface area (Å²) in [6.07, 6.45) is 2.63. The van der Waals surface area contributed by atoms with Crippen molar-refractivity contribution in [3.8, 4) is 5.82 Å². The van der Waals surface area contributed by atoms with Crippen molar-refractivity contribution in [2.24, 2.45) is 0 Å². The molecule has 0 bridgehead atoms. The van der Waals surface area contributed by atoms with Crippen LogP contribution in [0.2, 0.25) is 0 Å². The molecule has 0 radical (unpaired) electrons. The van der Waals surface area contributed by atoms with E-state index in [-0.39, 0.29) is 30.7 Å². The van der Waals surface area contributed by atoms with Crippen LogP contribution in [0.4, 0.5) is 0 Å². The molecule has 0 saturated heterocycles. The van der Waals surface area contributed by atoms with Crippen molar-refractivity contribution < 1.29 is 9.90 Å². The Kier molecular flexibility index (Phi) is 6.77. The number of aliphatic hydroxyl groups excluding tert-OH is 1. The van der Waals surface area contributed by atoms with Crippen molar-refractivity contribution in [1.82, 2.24) is 24.9 Å². The molecule has 2 aromatic heterocycles. The number of amides is 1. The molecule has 0 spiro atoms. The number of carbonyl (C=O) groups excluding carboxylic acids is 1. The van der Waals surface area contributed by atoms with E-state index in [4.69, 9.17) is 0 Å². The zero-order valence-corrected chi connectivity index (χ0v) is 15.4. The quantitative estimate of drug-likeness (QED) is 0.696. The third kappa shape index (κ3) is 5.17. The highest BCUT2D eigenvalue weighted by atomic mass is 32.2. The van der Waals surface area contributed by atoms with Gasteiger partial charge in [-0.05, 0) is 44.4 Å². The van der Waals surface area contributed by atoms with Crippen LogP contribution >= 0.6 is 11.8 Å². The smallest absolute Gasteiger partial charge is 0.267 e. The lowest BCUT2D eigenvalue weighted by molar-refractivity contribution is -0.122. The molecule has 0 aliphatic carbocycles. The lowest BCUT2D eigenvalue weighted by Crippen LogP contribution is -2.41. The molecule has 8 nitrogen and oxygen atoms in total. The predicted octanol–water partition coefficient (Wildman–Crippen LogP) is 0.276. The Labute approximate surface area is 150 Å². The van der Waals surface area contributed by atoms with Gasteiger partial charge in [0.15, 0.2) is 5.82 Å². The van der Waals surface area contributed by atoms with E-state index in [2.05, 4.69) is 15.5 Å². The molecule has 0 saturated carbocycles. The standard InChI is InChI=1S/C16H23N5O3S/c1-11-8-12(2)21(18-11)14-4-5-16(24)20(19-14)9-15(23)17-13(10-22)6-7-25-3/h4-5,8,13,22H,6-7,9-10H2,1-3H3,(H,17,23)/t13-/m1/s1. The van der Waals surface area contributed by atoms with Crippen LogP contribution < -0.4 is 10.9 Å². The summed E-state index contributed by atoms with van der Waals surface area (Å²) in [7, 11) is 0. The highest BCUT2D eigenvalue weighted by Gasteiger charge is 2.14. The van der Waals surface area contributed by atoms with Crippen molar-refractivity contribution in [2.75, 3.05) is 18.6 Å². The first kappa shape index (κ1) is 19.2. The second-order valence-electron chi connectivity index (χ2n) is 5.75. The molecule has 2 heterocycles. The van der Waals surface area contributed by atoms with E-state index in [9.17, 15) is 14.7 Å². The fourth-order valence-electron chi connectivity index (χ4n) is 2.40. The van der Waals surface area contributed by atoms with Crippen LogP contribution in [0.25, 0.3) is 5.82 Å². The van der Waals surface area contributed by atoms with E-state index < -0.39 is 0 Å². The molecule has 9 heteroatoms. The molecular weight excluding hydrogens is 342 g/mol. The maximum absolute atomic E-state index is 12.2. The first-order chi connectivity index (χ1) is 11.9. The summed E-state index contributed by atoms with van der Waals surface area (Å²) in [5.41, 5.74) is 1.36. The van der Waals surface area contributed by atoms with Crippen LogP contribution in [0.1, 0.15) is 17.8 Å². The number of nitrogens with one attached hydrogen (secondary N) is 1. The van der Waals surface area contributed by atoms with Crippen LogP contribution in [-0.2, 0) is 11.3 Å². The highest BCUT2D eigenvalue weighted by Crippen LogP contribution is 2.07. The molecule has 1 amide bonds. The average molecular weight is 365 g/mol. The number of hydrogen-bond donors (Lipinski definition) is 2. The van der Waals surface area contributed by atoms with Crippen LogP contribution in [0.5, 0.6) is 0 Å². The first-order valence-corrected chi connectivity index (χ1v) is 9.35. The Balaban J connectivity index is 2.14. The van der Waals surface area contributed by atoms with Crippen LogP contribution in [0.3, 0.4) is 0 Å². The van der Waals surface area contributed by atoms with Gasteiger partial charge in [0, 0.05) is 11.8 Å². The van der Waals surface area contributed by atoms with Crippen LogP contribution in [0.15, 0.2) is 23.0 Å². The molecule has 1 atom stereocenters. The Morgan fingerprint density at radius 2 is 2.12 bits per heavy atom. The lowest BCUT2D eigenvalue weighted by atomic mass is 10.2. The molecule has 2 N–H and O–H groups in total. The van der Waals surface area contributed by atoms with Gasteiger partial charge in [-0.25, -0.2) is 9.36 Å². The zero-order chi connectivity index (χ0) is 18.4. The maximum Gasteiger partial charge on any atom is 0.267 e. The van der Waals surface area contributed by atoms with Crippen LogP contribution in [-0.4, -0.2) is 55.2 Å². The van der Waals surface area contributed by atoms with E-state index >= 15 is 0 Å². The summed E-state index contributed by atoms with van der Waals surface area (Å²) in [6, 6.07) is 4.52. The number of carbonyl (C=O) groups is 1. The average Bonchev–Trinajstić information content (AvgIpc) is 2.92. The second kappa shape index (κ2) is 8.82. The fraction of sp³-hybridized carbons (Fsp3) is 0.500. The fourth-order valence-corrected chi connectivity index (χ4v) is 2.92. The third-order valence-corrected chi connectivity index (χ3v) is 4.27. The molecule has 0 unspecified atom stereocenters. The minimum absolute atomic E-state index is 0.138. The molecule has 136 valence electrons. The predicted molar refractivity (Wildman–Crippen MR) is 97.1 cm³/mol. The molecule has 0 fully saturated rings. The summed E-state index contributed by atoms with van der Waals surface area (Å²) >= 11 is 1.64. The third-order valence-electron chi connectivity index (χ3n) is 3.63. The van der Waals surface area contributed by atoms with Gasteiger partial charge in [0.1, 0.15) is 6.54 Å². The number of thioether (sulfide) groups is 1. The van der Waals surface area contributed by atoms with Gasteiger partial charge in [-0.3, -0.25) is 9.59 Å². The van der Waals surface area contributed by atoms with E-state index in [1.807, 2.05) is 26.2 Å². The summed E-state index contributed by atoms with van der Waals surface area (Å²) in [5.74, 6) is 0.941. The number of aryl methyl sites for hydroxylation is 2. The molecule has 0 aliphatic heterocycles. The lowest BCUT2D eigenvalue weighted by Gasteiger charge is -2.16. The summed E-state index contributed by atoms with van der Waals surface area (Å²) in [6.45, 7) is 3.42. The van der Waals surface area contributed by atoms with Crippen molar-refractivity contribution in [3.05, 3.63) is 39.9 Å². The van der Waals surface area contributed by atoms with Crippen molar-refractivity contribution in [3.63, 3.8) is 0 Å². The summed E-state index contributed by atoms with van der Waals surface area (Å²) in [5, 5.41) is 20.6. The van der Waals surface area contributed by atoms with Gasteiger partial charge in [0.05, 0.1) is 18.3 Å². The summed E-state index contributed by atoms with van der Waals surface area (Å²) < 4.78 is 2.72. The summed E-state index contributed by atoms with van der Waals surface area (Å²) in [4.78, 5) is 24.2. The van der Waals surface area contributed by atoms with Gasteiger partial charge in [-0.2, -0.15) is 16.9 Å². The SMILES string of the molecule is CSCC[C@H](CO)NC(=O)Cn1nc(-n2nc(C)cc2C)ccc1=O. The van der Waals surface area contributed by atoms with Crippen LogP contribution in [0, 0.1) is 13.8 Å². The number of hydrogen-bond acceptors (Lipinski definition) is 6. The topological polar surface area (TPSA) is 102 Å². The van der Waals surface area contributed by atoms with Gasteiger partial charge >= 0.3 is 0 Å². The Morgan fingerprint density at radius 3 is 2.72 bits per heavy atom. The number of rotatable bonds is 8. The van der Waals surface area contributed by atoms with Gasteiger partial charge in [-0.15, -0.1) is 5.10 Å². The van der Waals surface area contributed by atoms with Crippen molar-refractivity contribution >= 4 is 17.7 Å². The minimum Gasteiger partial charge on any atom is -0.394 e. The van der Waals surface area contributed by atoms with Crippen molar-refractivity contribution in [2.45, 2.75) is 32.9 Å². The van der Waals surface area contributed by atoms with E-state index in [1.165, 1.54) is 6.07 Å². The number of nitrogens with zero attached hydrogens (tertiary/aromatic N) is 4. The molecular formula is C16H23N5O3S. The van der Waals surface area contributed by atoms with Gasteiger partial charge in [-0.1, -0.05) is 0 Å². The number of aliphatic hydroxyl groups is 1.